The van der Waals surface area contributed by atoms with Gasteiger partial charge < -0.3 is 19.5 Å². The molecule has 7 heteroatoms. The third kappa shape index (κ3) is 3.82. The zero-order valence-corrected chi connectivity index (χ0v) is 20.3. The van der Waals surface area contributed by atoms with Crippen LogP contribution in [0.4, 0.5) is 0 Å². The molecule has 3 atom stereocenters. The van der Waals surface area contributed by atoms with Crippen LogP contribution in [0.2, 0.25) is 0 Å². The molecular weight excluding hydrogens is 434 g/mol. The van der Waals surface area contributed by atoms with Crippen LogP contribution in [0.15, 0.2) is 41.8 Å². The summed E-state index contributed by atoms with van der Waals surface area (Å²) in [7, 11) is 1.64. The summed E-state index contributed by atoms with van der Waals surface area (Å²) < 4.78 is 8.39. The molecule has 2 amide bonds. The minimum absolute atomic E-state index is 0.0640. The molecule has 2 aliphatic rings. The molecule has 5 rings (SSSR count). The number of methoxy groups -OCH3 is 1. The van der Waals surface area contributed by atoms with Gasteiger partial charge in [-0.1, -0.05) is 31.9 Å². The van der Waals surface area contributed by atoms with Gasteiger partial charge in [0.05, 0.1) is 23.9 Å². The molecule has 0 saturated heterocycles. The molecule has 0 bridgehead atoms. The van der Waals surface area contributed by atoms with Gasteiger partial charge >= 0.3 is 0 Å². The van der Waals surface area contributed by atoms with Crippen LogP contribution in [0.5, 0.6) is 5.75 Å². The summed E-state index contributed by atoms with van der Waals surface area (Å²) in [6.45, 7) is 4.94. The Hall–Kier alpha value is -2.80. The van der Waals surface area contributed by atoms with Gasteiger partial charge in [0, 0.05) is 12.6 Å². The van der Waals surface area contributed by atoms with Crippen molar-refractivity contribution in [1.29, 1.82) is 0 Å². The maximum atomic E-state index is 13.9. The van der Waals surface area contributed by atoms with Crippen LogP contribution in [0.1, 0.15) is 55.6 Å². The SMILES string of the molecule is COc1ccc(CN2C(=O)c3cc4sccc4n3CC2(C)C(=O)NC2CCCCC2C)cc1. The number of benzene rings is 1. The van der Waals surface area contributed by atoms with Crippen molar-refractivity contribution in [1.82, 2.24) is 14.8 Å². The van der Waals surface area contributed by atoms with Crippen molar-refractivity contribution < 1.29 is 14.3 Å². The zero-order chi connectivity index (χ0) is 23.2. The van der Waals surface area contributed by atoms with E-state index in [4.69, 9.17) is 4.74 Å². The van der Waals surface area contributed by atoms with Crippen molar-refractivity contribution >= 4 is 33.4 Å². The summed E-state index contributed by atoms with van der Waals surface area (Å²) in [5.41, 5.74) is 1.66. The highest BCUT2D eigenvalue weighted by Crippen LogP contribution is 2.36. The molecule has 6 nitrogen and oxygen atoms in total. The van der Waals surface area contributed by atoms with Crippen LogP contribution in [0.3, 0.4) is 0 Å². The Morgan fingerprint density at radius 2 is 1.97 bits per heavy atom. The molecule has 174 valence electrons. The van der Waals surface area contributed by atoms with Crippen LogP contribution >= 0.6 is 11.3 Å². The number of nitrogens with zero attached hydrogens (tertiary/aromatic N) is 2. The smallest absolute Gasteiger partial charge is 0.271 e. The van der Waals surface area contributed by atoms with E-state index in [1.807, 2.05) is 53.3 Å². The fourth-order valence-corrected chi connectivity index (χ4v) is 6.11. The summed E-state index contributed by atoms with van der Waals surface area (Å²) in [5, 5.41) is 5.37. The largest absolute Gasteiger partial charge is 0.497 e. The molecule has 2 aromatic heterocycles. The fraction of sp³-hybridized carbons (Fsp3) is 0.462. The minimum Gasteiger partial charge on any atom is -0.497 e. The Morgan fingerprint density at radius 1 is 1.21 bits per heavy atom. The molecule has 33 heavy (non-hydrogen) atoms. The van der Waals surface area contributed by atoms with E-state index in [9.17, 15) is 9.59 Å². The molecule has 3 unspecified atom stereocenters. The molecule has 1 aromatic carbocycles. The van der Waals surface area contributed by atoms with Crippen LogP contribution in [-0.2, 0) is 17.9 Å². The highest BCUT2D eigenvalue weighted by molar-refractivity contribution is 7.17. The Bertz CT molecular complexity index is 1180. The number of aromatic nitrogens is 1. The number of carbonyl (C=O) groups excluding carboxylic acids is 2. The number of hydrogen-bond donors (Lipinski definition) is 1. The third-order valence-corrected chi connectivity index (χ3v) is 8.32. The number of rotatable bonds is 5. The van der Waals surface area contributed by atoms with Crippen molar-refractivity contribution in [2.24, 2.45) is 5.92 Å². The first kappa shape index (κ1) is 22.0. The lowest BCUT2D eigenvalue weighted by Crippen LogP contribution is -2.65. The van der Waals surface area contributed by atoms with Gasteiger partial charge in [0.1, 0.15) is 17.0 Å². The number of thiophene rings is 1. The number of ether oxygens (including phenoxy) is 1. The average Bonchev–Trinajstić information content (AvgIpc) is 3.41. The van der Waals surface area contributed by atoms with Gasteiger partial charge in [-0.3, -0.25) is 9.59 Å². The average molecular weight is 466 g/mol. The van der Waals surface area contributed by atoms with Crippen LogP contribution in [0, 0.1) is 5.92 Å². The number of hydrogen-bond acceptors (Lipinski definition) is 4. The first-order chi connectivity index (χ1) is 15.9. The highest BCUT2D eigenvalue weighted by atomic mass is 32.1. The lowest BCUT2D eigenvalue weighted by Gasteiger charge is -2.45. The van der Waals surface area contributed by atoms with E-state index in [0.717, 1.165) is 40.8 Å². The molecule has 1 aliphatic heterocycles. The number of nitrogens with one attached hydrogen (secondary N) is 1. The second kappa shape index (κ2) is 8.52. The van der Waals surface area contributed by atoms with Crippen molar-refractivity contribution in [3.05, 3.63) is 53.0 Å². The van der Waals surface area contributed by atoms with Crippen LogP contribution in [-0.4, -0.2) is 40.0 Å². The van der Waals surface area contributed by atoms with Gasteiger partial charge in [-0.2, -0.15) is 0 Å². The Kier molecular flexibility index (Phi) is 5.69. The predicted octanol–water partition coefficient (Wildman–Crippen LogP) is 4.82. The molecule has 0 spiro atoms. The first-order valence-electron chi connectivity index (χ1n) is 11.7. The Balaban J connectivity index is 1.51. The molecule has 1 aliphatic carbocycles. The molecule has 1 saturated carbocycles. The number of amides is 2. The van der Waals surface area contributed by atoms with E-state index < -0.39 is 5.54 Å². The standard InChI is InChI=1S/C26H31N3O3S/c1-17-6-4-5-7-20(17)27-25(31)26(2)16-28-21-12-13-33-23(21)14-22(28)24(30)29(26)15-18-8-10-19(32-3)11-9-18/h8-14,17,20H,4-7,15-16H2,1-3H3,(H,27,31). The highest BCUT2D eigenvalue weighted by Gasteiger charge is 2.48. The summed E-state index contributed by atoms with van der Waals surface area (Å²) in [5.74, 6) is 1.05. The van der Waals surface area contributed by atoms with E-state index in [1.165, 1.54) is 6.42 Å². The summed E-state index contributed by atoms with van der Waals surface area (Å²) >= 11 is 1.62. The van der Waals surface area contributed by atoms with E-state index in [1.54, 1.807) is 23.3 Å². The number of carbonyl (C=O) groups is 2. The van der Waals surface area contributed by atoms with E-state index in [0.29, 0.717) is 24.7 Å². The zero-order valence-electron chi connectivity index (χ0n) is 19.5. The fourth-order valence-electron chi connectivity index (χ4n) is 5.29. The van der Waals surface area contributed by atoms with Gasteiger partial charge in [0.2, 0.25) is 5.91 Å². The van der Waals surface area contributed by atoms with E-state index >= 15 is 0 Å². The van der Waals surface area contributed by atoms with Crippen LogP contribution in [0.25, 0.3) is 10.2 Å². The summed E-state index contributed by atoms with van der Waals surface area (Å²) in [6.07, 6.45) is 4.49. The third-order valence-electron chi connectivity index (χ3n) is 7.47. The lowest BCUT2D eigenvalue weighted by atomic mass is 9.85. The van der Waals surface area contributed by atoms with Gasteiger partial charge in [-0.15, -0.1) is 11.3 Å². The van der Waals surface area contributed by atoms with Gasteiger partial charge in [-0.25, -0.2) is 0 Å². The van der Waals surface area contributed by atoms with Gasteiger partial charge in [0.15, 0.2) is 0 Å². The topological polar surface area (TPSA) is 63.6 Å². The predicted molar refractivity (Wildman–Crippen MR) is 131 cm³/mol. The quantitative estimate of drug-likeness (QED) is 0.588. The summed E-state index contributed by atoms with van der Waals surface area (Å²) in [6, 6.07) is 11.9. The summed E-state index contributed by atoms with van der Waals surface area (Å²) in [4.78, 5) is 29.4. The van der Waals surface area contributed by atoms with Crippen LogP contribution < -0.4 is 10.1 Å². The molecular formula is C26H31N3O3S. The molecule has 1 N–H and O–H groups in total. The monoisotopic (exact) mass is 465 g/mol. The first-order valence-corrected chi connectivity index (χ1v) is 12.6. The molecule has 3 aromatic rings. The van der Waals surface area contributed by atoms with Crippen molar-refractivity contribution in [2.45, 2.75) is 64.2 Å². The Morgan fingerprint density at radius 3 is 2.70 bits per heavy atom. The molecule has 3 heterocycles. The van der Waals surface area contributed by atoms with Crippen molar-refractivity contribution in [3.63, 3.8) is 0 Å². The van der Waals surface area contributed by atoms with Gasteiger partial charge in [-0.05, 0) is 60.9 Å². The number of fused-ring (bicyclic) bond motifs is 3. The van der Waals surface area contributed by atoms with E-state index in [-0.39, 0.29) is 17.9 Å². The maximum absolute atomic E-state index is 13.9. The lowest BCUT2D eigenvalue weighted by molar-refractivity contribution is -0.134. The second-order valence-electron chi connectivity index (χ2n) is 9.64. The van der Waals surface area contributed by atoms with E-state index in [2.05, 4.69) is 12.2 Å². The second-order valence-corrected chi connectivity index (χ2v) is 10.6. The van der Waals surface area contributed by atoms with Crippen molar-refractivity contribution in [3.8, 4) is 5.75 Å². The molecule has 0 radical (unpaired) electrons. The normalized spacial score (nSPS) is 25.2. The van der Waals surface area contributed by atoms with Crippen molar-refractivity contribution in [2.75, 3.05) is 7.11 Å². The maximum Gasteiger partial charge on any atom is 0.271 e. The minimum atomic E-state index is -0.991. The van der Waals surface area contributed by atoms with Gasteiger partial charge in [0.25, 0.3) is 5.91 Å². The molecule has 1 fully saturated rings. The Labute approximate surface area is 198 Å².